The van der Waals surface area contributed by atoms with Crippen LogP contribution in [-0.4, -0.2) is 31.0 Å². The predicted octanol–water partition coefficient (Wildman–Crippen LogP) is 2.71. The van der Waals surface area contributed by atoms with Gasteiger partial charge in [0.1, 0.15) is 0 Å². The molecule has 1 aliphatic heterocycles. The molecule has 1 atom stereocenters. The van der Waals surface area contributed by atoms with E-state index in [9.17, 15) is 5.11 Å². The lowest BCUT2D eigenvalue weighted by molar-refractivity contribution is 0.0206. The molecule has 0 spiro atoms. The summed E-state index contributed by atoms with van der Waals surface area (Å²) >= 11 is 5.99. The molecular weight excluding hydrogens is 266 g/mol. The number of aromatic hydroxyl groups is 1. The second-order valence-corrected chi connectivity index (χ2v) is 5.56. The number of hydrogen-bond acceptors (Lipinski definition) is 4. The van der Waals surface area contributed by atoms with Gasteiger partial charge in [-0.2, -0.15) is 0 Å². The van der Waals surface area contributed by atoms with Crippen LogP contribution in [0.1, 0.15) is 25.3 Å². The summed E-state index contributed by atoms with van der Waals surface area (Å²) in [4.78, 5) is 0. The summed E-state index contributed by atoms with van der Waals surface area (Å²) in [6, 6.07) is 3.34. The second-order valence-electron chi connectivity index (χ2n) is 5.12. The third-order valence-corrected chi connectivity index (χ3v) is 3.67. The molecule has 1 aromatic rings. The molecule has 0 saturated carbocycles. The summed E-state index contributed by atoms with van der Waals surface area (Å²) < 4.78 is 10.8. The number of halogens is 1. The van der Waals surface area contributed by atoms with Crippen molar-refractivity contribution in [2.45, 2.75) is 31.9 Å². The van der Waals surface area contributed by atoms with E-state index in [1.807, 2.05) is 0 Å². The van der Waals surface area contributed by atoms with Gasteiger partial charge in [-0.05, 0) is 25.8 Å². The molecule has 5 heteroatoms. The van der Waals surface area contributed by atoms with Crippen molar-refractivity contribution < 1.29 is 14.6 Å². The lowest BCUT2D eigenvalue weighted by Crippen LogP contribution is -2.36. The number of rotatable bonds is 5. The van der Waals surface area contributed by atoms with Gasteiger partial charge in [0.2, 0.25) is 0 Å². The van der Waals surface area contributed by atoms with Crippen LogP contribution in [0, 0.1) is 0 Å². The van der Waals surface area contributed by atoms with Gasteiger partial charge in [0.15, 0.2) is 11.5 Å². The number of ether oxygens (including phenoxy) is 2. The summed E-state index contributed by atoms with van der Waals surface area (Å²) in [5, 5.41) is 13.9. The van der Waals surface area contributed by atoms with Gasteiger partial charge in [0, 0.05) is 36.3 Å². The number of nitrogens with one attached hydrogen (secondary N) is 1. The van der Waals surface area contributed by atoms with E-state index < -0.39 is 0 Å². The molecule has 0 amide bonds. The Kier molecular flexibility index (Phi) is 4.55. The number of benzene rings is 1. The minimum atomic E-state index is -0.0989. The summed E-state index contributed by atoms with van der Waals surface area (Å²) in [6.45, 7) is 4.21. The zero-order valence-electron chi connectivity index (χ0n) is 11.3. The second kappa shape index (κ2) is 5.99. The molecule has 1 saturated heterocycles. The van der Waals surface area contributed by atoms with Crippen LogP contribution in [0.2, 0.25) is 5.02 Å². The highest BCUT2D eigenvalue weighted by molar-refractivity contribution is 6.30. The Morgan fingerprint density at radius 3 is 2.95 bits per heavy atom. The average Bonchev–Trinajstić information content (AvgIpc) is 2.80. The van der Waals surface area contributed by atoms with Crippen LogP contribution in [0.25, 0.3) is 0 Å². The third-order valence-electron chi connectivity index (χ3n) is 3.45. The highest BCUT2D eigenvalue weighted by atomic mass is 35.5. The van der Waals surface area contributed by atoms with E-state index in [1.165, 1.54) is 7.11 Å². The van der Waals surface area contributed by atoms with Crippen LogP contribution >= 0.6 is 11.6 Å². The maximum absolute atomic E-state index is 10.0. The molecule has 0 radical (unpaired) electrons. The molecule has 106 valence electrons. The average molecular weight is 286 g/mol. The van der Waals surface area contributed by atoms with Crippen molar-refractivity contribution in [1.82, 2.24) is 5.32 Å². The standard InChI is InChI=1S/C14H20ClNO3/c1-14(4-3-5-19-14)9-16-8-10-6-11(15)7-12(18-2)13(10)17/h6-7,16-17H,3-5,8-9H2,1-2H3. The first kappa shape index (κ1) is 14.4. The van der Waals surface area contributed by atoms with E-state index in [-0.39, 0.29) is 11.4 Å². The van der Waals surface area contributed by atoms with E-state index in [0.717, 1.165) is 31.6 Å². The molecule has 1 aromatic carbocycles. The first-order valence-electron chi connectivity index (χ1n) is 6.44. The Hall–Kier alpha value is -0.970. The third kappa shape index (κ3) is 3.53. The largest absolute Gasteiger partial charge is 0.504 e. The molecule has 1 heterocycles. The summed E-state index contributed by atoms with van der Waals surface area (Å²) in [7, 11) is 1.51. The van der Waals surface area contributed by atoms with Crippen LogP contribution in [0.4, 0.5) is 0 Å². The van der Waals surface area contributed by atoms with Gasteiger partial charge in [0.05, 0.1) is 12.7 Å². The fraction of sp³-hybridized carbons (Fsp3) is 0.571. The predicted molar refractivity (Wildman–Crippen MR) is 75.0 cm³/mol. The molecule has 19 heavy (non-hydrogen) atoms. The Morgan fingerprint density at radius 1 is 1.53 bits per heavy atom. The number of phenolic OH excluding ortho intramolecular Hbond substituents is 1. The van der Waals surface area contributed by atoms with Gasteiger partial charge in [0.25, 0.3) is 0 Å². The fourth-order valence-corrected chi connectivity index (χ4v) is 2.59. The molecule has 0 aromatic heterocycles. The van der Waals surface area contributed by atoms with Gasteiger partial charge < -0.3 is 19.9 Å². The molecule has 0 bridgehead atoms. The van der Waals surface area contributed by atoms with Crippen molar-refractivity contribution in [2.24, 2.45) is 0 Å². The summed E-state index contributed by atoms with van der Waals surface area (Å²) in [5.41, 5.74) is 0.629. The normalized spacial score (nSPS) is 22.7. The Balaban J connectivity index is 1.97. The molecular formula is C14H20ClNO3. The zero-order chi connectivity index (χ0) is 13.9. The van der Waals surface area contributed by atoms with E-state index in [1.54, 1.807) is 12.1 Å². The van der Waals surface area contributed by atoms with Crippen LogP contribution in [0.15, 0.2) is 12.1 Å². The maximum atomic E-state index is 10.0. The lowest BCUT2D eigenvalue weighted by Gasteiger charge is -2.23. The van der Waals surface area contributed by atoms with Crippen LogP contribution < -0.4 is 10.1 Å². The van der Waals surface area contributed by atoms with Gasteiger partial charge in [-0.3, -0.25) is 0 Å². The van der Waals surface area contributed by atoms with Crippen molar-refractivity contribution >= 4 is 11.6 Å². The van der Waals surface area contributed by atoms with Crippen LogP contribution in [0.5, 0.6) is 11.5 Å². The van der Waals surface area contributed by atoms with Gasteiger partial charge in [-0.25, -0.2) is 0 Å². The molecule has 1 aliphatic rings. The molecule has 2 rings (SSSR count). The maximum Gasteiger partial charge on any atom is 0.162 e. The molecule has 2 N–H and O–H groups in total. The molecule has 1 fully saturated rings. The van der Waals surface area contributed by atoms with E-state index in [0.29, 0.717) is 17.3 Å². The minimum Gasteiger partial charge on any atom is -0.504 e. The SMILES string of the molecule is COc1cc(Cl)cc(CNCC2(C)CCCO2)c1O. The van der Waals surface area contributed by atoms with Crippen molar-refractivity contribution in [3.63, 3.8) is 0 Å². The van der Waals surface area contributed by atoms with Crippen molar-refractivity contribution in [1.29, 1.82) is 0 Å². The van der Waals surface area contributed by atoms with Crippen LogP contribution in [-0.2, 0) is 11.3 Å². The molecule has 4 nitrogen and oxygen atoms in total. The van der Waals surface area contributed by atoms with E-state index in [4.69, 9.17) is 21.1 Å². The van der Waals surface area contributed by atoms with Gasteiger partial charge >= 0.3 is 0 Å². The molecule has 1 unspecified atom stereocenters. The zero-order valence-corrected chi connectivity index (χ0v) is 12.1. The lowest BCUT2D eigenvalue weighted by atomic mass is 10.0. The van der Waals surface area contributed by atoms with Crippen molar-refractivity contribution in [3.05, 3.63) is 22.7 Å². The number of methoxy groups -OCH3 is 1. The summed E-state index contributed by atoms with van der Waals surface area (Å²) in [6.07, 6.45) is 2.17. The Labute approximate surface area is 118 Å². The topological polar surface area (TPSA) is 50.7 Å². The first-order valence-corrected chi connectivity index (χ1v) is 6.82. The number of hydrogen-bond donors (Lipinski definition) is 2. The molecule has 0 aliphatic carbocycles. The Morgan fingerprint density at radius 2 is 2.32 bits per heavy atom. The monoisotopic (exact) mass is 285 g/mol. The van der Waals surface area contributed by atoms with E-state index >= 15 is 0 Å². The number of phenols is 1. The summed E-state index contributed by atoms with van der Waals surface area (Å²) in [5.74, 6) is 0.532. The van der Waals surface area contributed by atoms with Crippen molar-refractivity contribution in [3.8, 4) is 11.5 Å². The highest BCUT2D eigenvalue weighted by Gasteiger charge is 2.29. The minimum absolute atomic E-state index is 0.0989. The quantitative estimate of drug-likeness (QED) is 0.873. The highest BCUT2D eigenvalue weighted by Crippen LogP contribution is 2.33. The van der Waals surface area contributed by atoms with Crippen LogP contribution in [0.3, 0.4) is 0 Å². The fourth-order valence-electron chi connectivity index (χ4n) is 2.36. The van der Waals surface area contributed by atoms with Gasteiger partial charge in [-0.15, -0.1) is 0 Å². The smallest absolute Gasteiger partial charge is 0.162 e. The first-order chi connectivity index (χ1) is 9.04. The van der Waals surface area contributed by atoms with Gasteiger partial charge in [-0.1, -0.05) is 11.6 Å². The van der Waals surface area contributed by atoms with Crippen molar-refractivity contribution in [2.75, 3.05) is 20.3 Å². The van der Waals surface area contributed by atoms with E-state index in [2.05, 4.69) is 12.2 Å². The Bertz CT molecular complexity index is 445.